The standard InChI is InChI=1S/C24H20F3N3O2S/c1-15-4-6-16(7-5-15)19(30-29-18-10-8-17(9-11-18)24(25,26)27)14-32-20-13-28-23(31)22(20)21-3-2-12-33-21/h2-12,29H,13-14H2,1H3,(H,28,31). The molecule has 33 heavy (non-hydrogen) atoms. The Balaban J connectivity index is 1.56. The van der Waals surface area contributed by atoms with E-state index in [9.17, 15) is 18.0 Å². The van der Waals surface area contributed by atoms with Crippen LogP contribution in [0, 0.1) is 6.92 Å². The van der Waals surface area contributed by atoms with Crippen LogP contribution in [0.25, 0.3) is 5.57 Å². The maximum atomic E-state index is 12.8. The third kappa shape index (κ3) is 5.43. The molecular formula is C24H20F3N3O2S. The zero-order chi connectivity index (χ0) is 23.4. The minimum atomic E-state index is -4.40. The van der Waals surface area contributed by atoms with Crippen LogP contribution in [0.3, 0.4) is 0 Å². The van der Waals surface area contributed by atoms with E-state index in [4.69, 9.17) is 4.74 Å². The van der Waals surface area contributed by atoms with Gasteiger partial charge in [-0.2, -0.15) is 18.3 Å². The van der Waals surface area contributed by atoms with Crippen LogP contribution in [0.15, 0.2) is 76.9 Å². The molecule has 1 aliphatic rings. The highest BCUT2D eigenvalue weighted by Gasteiger charge is 2.30. The molecule has 0 aliphatic carbocycles. The maximum Gasteiger partial charge on any atom is 0.416 e. The van der Waals surface area contributed by atoms with Crippen LogP contribution in [0.4, 0.5) is 18.9 Å². The summed E-state index contributed by atoms with van der Waals surface area (Å²) in [5.41, 5.74) is 5.38. The van der Waals surface area contributed by atoms with Crippen molar-refractivity contribution in [2.45, 2.75) is 13.1 Å². The average molecular weight is 472 g/mol. The van der Waals surface area contributed by atoms with Gasteiger partial charge in [0.05, 0.1) is 23.4 Å². The van der Waals surface area contributed by atoms with Crippen molar-refractivity contribution in [3.8, 4) is 0 Å². The molecule has 2 N–H and O–H groups in total. The van der Waals surface area contributed by atoms with Gasteiger partial charge >= 0.3 is 6.18 Å². The van der Waals surface area contributed by atoms with Crippen molar-refractivity contribution in [1.29, 1.82) is 0 Å². The van der Waals surface area contributed by atoms with Crippen molar-refractivity contribution >= 4 is 34.2 Å². The van der Waals surface area contributed by atoms with Gasteiger partial charge in [0.2, 0.25) is 0 Å². The Morgan fingerprint density at radius 3 is 2.48 bits per heavy atom. The average Bonchev–Trinajstić information content (AvgIpc) is 3.44. The summed E-state index contributed by atoms with van der Waals surface area (Å²) in [6, 6.07) is 16.0. The highest BCUT2D eigenvalue weighted by Crippen LogP contribution is 2.30. The Kier molecular flexibility index (Phi) is 6.50. The van der Waals surface area contributed by atoms with Crippen molar-refractivity contribution in [2.75, 3.05) is 18.6 Å². The van der Waals surface area contributed by atoms with Gasteiger partial charge in [0.1, 0.15) is 18.1 Å². The molecule has 0 spiro atoms. The van der Waals surface area contributed by atoms with E-state index in [0.717, 1.165) is 28.1 Å². The molecule has 0 saturated heterocycles. The number of anilines is 1. The second kappa shape index (κ2) is 9.50. The molecule has 0 bridgehead atoms. The zero-order valence-corrected chi connectivity index (χ0v) is 18.4. The fourth-order valence-corrected chi connectivity index (χ4v) is 3.99. The van der Waals surface area contributed by atoms with Gasteiger partial charge in [0.15, 0.2) is 0 Å². The molecule has 5 nitrogen and oxygen atoms in total. The maximum absolute atomic E-state index is 12.8. The number of hydrazone groups is 1. The van der Waals surface area contributed by atoms with Crippen LogP contribution in [-0.2, 0) is 15.7 Å². The quantitative estimate of drug-likeness (QED) is 0.356. The summed E-state index contributed by atoms with van der Waals surface area (Å²) in [7, 11) is 0. The van der Waals surface area contributed by atoms with E-state index in [1.54, 1.807) is 0 Å². The molecule has 3 aromatic rings. The number of thiophene rings is 1. The molecule has 1 amide bonds. The highest BCUT2D eigenvalue weighted by atomic mass is 32.1. The summed E-state index contributed by atoms with van der Waals surface area (Å²) >= 11 is 1.45. The molecule has 0 radical (unpaired) electrons. The van der Waals surface area contributed by atoms with Gasteiger partial charge in [0, 0.05) is 10.4 Å². The number of benzene rings is 2. The van der Waals surface area contributed by atoms with Crippen LogP contribution in [0.5, 0.6) is 0 Å². The van der Waals surface area contributed by atoms with Gasteiger partial charge in [-0.15, -0.1) is 11.3 Å². The van der Waals surface area contributed by atoms with E-state index < -0.39 is 11.7 Å². The first-order valence-electron chi connectivity index (χ1n) is 10.1. The van der Waals surface area contributed by atoms with Gasteiger partial charge in [-0.25, -0.2) is 0 Å². The second-order valence-corrected chi connectivity index (χ2v) is 8.31. The molecule has 2 aromatic carbocycles. The van der Waals surface area contributed by atoms with Crippen molar-refractivity contribution < 1.29 is 22.7 Å². The number of nitrogens with zero attached hydrogens (tertiary/aromatic N) is 1. The van der Waals surface area contributed by atoms with Gasteiger partial charge in [-0.1, -0.05) is 35.9 Å². The van der Waals surface area contributed by atoms with Crippen molar-refractivity contribution in [3.05, 3.63) is 93.4 Å². The van der Waals surface area contributed by atoms with Crippen LogP contribution in [-0.4, -0.2) is 24.8 Å². The normalized spacial score (nSPS) is 14.4. The van der Waals surface area contributed by atoms with Gasteiger partial charge < -0.3 is 10.1 Å². The number of amides is 1. The Labute approximate surface area is 192 Å². The number of rotatable bonds is 7. The number of hydrogen-bond acceptors (Lipinski definition) is 5. The van der Waals surface area contributed by atoms with E-state index in [2.05, 4.69) is 15.8 Å². The molecule has 4 rings (SSSR count). The second-order valence-electron chi connectivity index (χ2n) is 7.36. The molecule has 2 heterocycles. The Morgan fingerprint density at radius 1 is 1.12 bits per heavy atom. The van der Waals surface area contributed by atoms with Crippen molar-refractivity contribution in [3.63, 3.8) is 0 Å². The highest BCUT2D eigenvalue weighted by molar-refractivity contribution is 7.11. The van der Waals surface area contributed by atoms with Crippen LogP contribution in [0.1, 0.15) is 21.6 Å². The third-order valence-electron chi connectivity index (χ3n) is 4.98. The summed E-state index contributed by atoms with van der Waals surface area (Å²) in [5.74, 6) is 0.334. The Hall–Kier alpha value is -3.59. The van der Waals surface area contributed by atoms with Gasteiger partial charge in [-0.3, -0.25) is 10.2 Å². The number of alkyl halides is 3. The number of aryl methyl sites for hydroxylation is 1. The Morgan fingerprint density at radius 2 is 1.85 bits per heavy atom. The van der Waals surface area contributed by atoms with Gasteiger partial charge in [-0.05, 0) is 42.6 Å². The SMILES string of the molecule is Cc1ccc(C(COC2=C(c3cccs3)C(=O)NC2)=NNc2ccc(C(F)(F)F)cc2)cc1. The number of hydrogen-bond donors (Lipinski definition) is 2. The molecule has 0 saturated carbocycles. The molecule has 1 aromatic heterocycles. The largest absolute Gasteiger partial charge is 0.489 e. The first kappa shape index (κ1) is 22.6. The number of halogens is 3. The number of nitrogens with one attached hydrogen (secondary N) is 2. The smallest absolute Gasteiger partial charge is 0.416 e. The third-order valence-corrected chi connectivity index (χ3v) is 5.87. The number of carbonyl (C=O) groups excluding carboxylic acids is 1. The monoisotopic (exact) mass is 471 g/mol. The first-order valence-corrected chi connectivity index (χ1v) is 10.9. The molecule has 0 fully saturated rings. The van der Waals surface area contributed by atoms with Crippen molar-refractivity contribution in [2.24, 2.45) is 5.10 Å². The summed E-state index contributed by atoms with van der Waals surface area (Å²) in [5, 5.41) is 9.05. The lowest BCUT2D eigenvalue weighted by molar-refractivity contribution is -0.137. The zero-order valence-electron chi connectivity index (χ0n) is 17.6. The van der Waals surface area contributed by atoms with Gasteiger partial charge in [0.25, 0.3) is 5.91 Å². The number of carbonyl (C=O) groups is 1. The lowest BCUT2D eigenvalue weighted by atomic mass is 10.1. The van der Waals surface area contributed by atoms with E-state index in [1.165, 1.54) is 23.5 Å². The Bertz CT molecular complexity index is 1180. The first-order chi connectivity index (χ1) is 15.8. The lowest BCUT2D eigenvalue weighted by Gasteiger charge is -2.12. The minimum absolute atomic E-state index is 0.0653. The van der Waals surface area contributed by atoms with Crippen LogP contribution < -0.4 is 10.7 Å². The molecule has 0 atom stereocenters. The molecule has 0 unspecified atom stereocenters. The summed E-state index contributed by atoms with van der Waals surface area (Å²) in [6.07, 6.45) is -4.40. The number of ether oxygens (including phenoxy) is 1. The fraction of sp³-hybridized carbons (Fsp3) is 0.167. The minimum Gasteiger partial charge on any atom is -0.489 e. The summed E-state index contributed by atoms with van der Waals surface area (Å²) in [6.45, 7) is 2.31. The topological polar surface area (TPSA) is 62.7 Å². The lowest BCUT2D eigenvalue weighted by Crippen LogP contribution is -2.18. The van der Waals surface area contributed by atoms with Crippen molar-refractivity contribution in [1.82, 2.24) is 5.32 Å². The molecular weight excluding hydrogens is 451 g/mol. The fourth-order valence-electron chi connectivity index (χ4n) is 3.20. The molecule has 1 aliphatic heterocycles. The van der Waals surface area contributed by atoms with E-state index in [1.807, 2.05) is 48.7 Å². The van der Waals surface area contributed by atoms with E-state index in [-0.39, 0.29) is 19.1 Å². The van der Waals surface area contributed by atoms with E-state index >= 15 is 0 Å². The summed E-state index contributed by atoms with van der Waals surface area (Å²) < 4.78 is 44.4. The predicted molar refractivity (Wildman–Crippen MR) is 123 cm³/mol. The summed E-state index contributed by atoms with van der Waals surface area (Å²) in [4.78, 5) is 13.1. The van der Waals surface area contributed by atoms with Crippen LogP contribution >= 0.6 is 11.3 Å². The van der Waals surface area contributed by atoms with Crippen LogP contribution in [0.2, 0.25) is 0 Å². The molecule has 170 valence electrons. The van der Waals surface area contributed by atoms with E-state index in [0.29, 0.717) is 22.7 Å². The predicted octanol–water partition coefficient (Wildman–Crippen LogP) is 5.45. The molecule has 9 heteroatoms.